The fourth-order valence-corrected chi connectivity index (χ4v) is 1.91. The van der Waals surface area contributed by atoms with Crippen LogP contribution in [0.4, 0.5) is 0 Å². The zero-order valence-electron chi connectivity index (χ0n) is 10.9. The second kappa shape index (κ2) is 5.94. The first-order valence-corrected chi connectivity index (χ1v) is 6.07. The van der Waals surface area contributed by atoms with Crippen molar-refractivity contribution in [2.24, 2.45) is 11.7 Å². The lowest BCUT2D eigenvalue weighted by Crippen LogP contribution is -2.09. The van der Waals surface area contributed by atoms with Crippen LogP contribution in [-0.2, 0) is 12.8 Å². The van der Waals surface area contributed by atoms with E-state index in [1.54, 1.807) is 0 Å². The Hall–Kier alpha value is -0.960. The Morgan fingerprint density at radius 3 is 2.12 bits per heavy atom. The molecule has 0 bridgehead atoms. The minimum absolute atomic E-state index is 0.605. The number of nitrogens with two attached hydrogens (primary N) is 1. The first-order valence-electron chi connectivity index (χ1n) is 6.07. The molecule has 16 heavy (non-hydrogen) atoms. The molecular formula is C13H23N3. The minimum Gasteiger partial charge on any atom is -0.330 e. The smallest absolute Gasteiger partial charge is 0.129 e. The second-order valence-electron chi connectivity index (χ2n) is 4.78. The normalized spacial score (nSPS) is 11.1. The van der Waals surface area contributed by atoms with Crippen LogP contribution < -0.4 is 5.73 Å². The molecule has 3 heteroatoms. The van der Waals surface area contributed by atoms with E-state index in [1.165, 1.54) is 5.56 Å². The van der Waals surface area contributed by atoms with Gasteiger partial charge in [0.15, 0.2) is 0 Å². The van der Waals surface area contributed by atoms with E-state index in [1.807, 2.05) is 0 Å². The molecule has 1 heterocycles. The standard InChI is InChI=1S/C13H23N3/c1-9(2)8-13-15-10(3)12(6-5-7-14)11(4)16-13/h9H,5-8,14H2,1-4H3. The van der Waals surface area contributed by atoms with E-state index >= 15 is 0 Å². The largest absolute Gasteiger partial charge is 0.330 e. The highest BCUT2D eigenvalue weighted by atomic mass is 14.9. The van der Waals surface area contributed by atoms with Gasteiger partial charge in [0.25, 0.3) is 0 Å². The summed E-state index contributed by atoms with van der Waals surface area (Å²) in [5.41, 5.74) is 9.05. The van der Waals surface area contributed by atoms with Gasteiger partial charge >= 0.3 is 0 Å². The first-order chi connectivity index (χ1) is 7.54. The van der Waals surface area contributed by atoms with Gasteiger partial charge in [-0.2, -0.15) is 0 Å². The molecule has 0 aromatic carbocycles. The highest BCUT2D eigenvalue weighted by molar-refractivity contribution is 5.24. The number of hydrogen-bond acceptors (Lipinski definition) is 3. The third kappa shape index (κ3) is 3.56. The fourth-order valence-electron chi connectivity index (χ4n) is 1.91. The van der Waals surface area contributed by atoms with E-state index in [-0.39, 0.29) is 0 Å². The summed E-state index contributed by atoms with van der Waals surface area (Å²) in [5.74, 6) is 1.58. The third-order valence-corrected chi connectivity index (χ3v) is 2.69. The van der Waals surface area contributed by atoms with Gasteiger partial charge in [0.05, 0.1) is 0 Å². The molecule has 1 rings (SSSR count). The summed E-state index contributed by atoms with van der Waals surface area (Å²) in [6.45, 7) is 9.26. The molecule has 0 radical (unpaired) electrons. The molecule has 0 aliphatic heterocycles. The molecule has 1 aromatic heterocycles. The van der Waals surface area contributed by atoms with E-state index in [9.17, 15) is 0 Å². The van der Waals surface area contributed by atoms with Gasteiger partial charge in [0.2, 0.25) is 0 Å². The Labute approximate surface area is 98.5 Å². The van der Waals surface area contributed by atoms with E-state index in [4.69, 9.17) is 5.73 Å². The molecule has 0 saturated heterocycles. The van der Waals surface area contributed by atoms with Gasteiger partial charge in [-0.3, -0.25) is 0 Å². The fraction of sp³-hybridized carbons (Fsp3) is 0.692. The molecule has 0 aliphatic carbocycles. The number of hydrogen-bond donors (Lipinski definition) is 1. The summed E-state index contributed by atoms with van der Waals surface area (Å²) < 4.78 is 0. The molecule has 2 N–H and O–H groups in total. The number of aryl methyl sites for hydroxylation is 2. The van der Waals surface area contributed by atoms with Crippen LogP contribution in [0, 0.1) is 19.8 Å². The van der Waals surface area contributed by atoms with Crippen LogP contribution in [0.1, 0.15) is 43.0 Å². The Morgan fingerprint density at radius 1 is 1.12 bits per heavy atom. The van der Waals surface area contributed by atoms with E-state index in [2.05, 4.69) is 37.7 Å². The Morgan fingerprint density at radius 2 is 1.69 bits per heavy atom. The average Bonchev–Trinajstić information content (AvgIpc) is 2.15. The molecule has 0 amide bonds. The lowest BCUT2D eigenvalue weighted by atomic mass is 10.1. The van der Waals surface area contributed by atoms with Gasteiger partial charge in [-0.05, 0) is 44.7 Å². The second-order valence-corrected chi connectivity index (χ2v) is 4.78. The molecule has 0 aliphatic rings. The van der Waals surface area contributed by atoms with Crippen LogP contribution in [0.25, 0.3) is 0 Å². The summed E-state index contributed by atoms with van der Waals surface area (Å²) >= 11 is 0. The summed E-state index contributed by atoms with van der Waals surface area (Å²) in [7, 11) is 0. The minimum atomic E-state index is 0.605. The van der Waals surface area contributed by atoms with E-state index in [0.717, 1.165) is 43.0 Å². The zero-order chi connectivity index (χ0) is 12.1. The SMILES string of the molecule is Cc1nc(CC(C)C)nc(C)c1CCCN. The number of rotatable bonds is 5. The van der Waals surface area contributed by atoms with Gasteiger partial charge in [-0.1, -0.05) is 13.8 Å². The zero-order valence-corrected chi connectivity index (χ0v) is 10.9. The van der Waals surface area contributed by atoms with Gasteiger partial charge < -0.3 is 5.73 Å². The lowest BCUT2D eigenvalue weighted by molar-refractivity contribution is 0.614. The molecular weight excluding hydrogens is 198 g/mol. The Bertz CT molecular complexity index is 322. The van der Waals surface area contributed by atoms with Crippen LogP contribution in [0.3, 0.4) is 0 Å². The maximum Gasteiger partial charge on any atom is 0.129 e. The average molecular weight is 221 g/mol. The van der Waals surface area contributed by atoms with Crippen molar-refractivity contribution in [3.8, 4) is 0 Å². The van der Waals surface area contributed by atoms with Crippen molar-refractivity contribution in [1.82, 2.24) is 9.97 Å². The summed E-state index contributed by atoms with van der Waals surface area (Å²) in [5, 5.41) is 0. The van der Waals surface area contributed by atoms with Crippen molar-refractivity contribution >= 4 is 0 Å². The molecule has 0 saturated carbocycles. The van der Waals surface area contributed by atoms with Gasteiger partial charge in [0.1, 0.15) is 5.82 Å². The monoisotopic (exact) mass is 221 g/mol. The molecule has 0 fully saturated rings. The Balaban J connectivity index is 2.89. The van der Waals surface area contributed by atoms with Crippen molar-refractivity contribution < 1.29 is 0 Å². The molecule has 1 aromatic rings. The topological polar surface area (TPSA) is 51.8 Å². The van der Waals surface area contributed by atoms with Gasteiger partial charge in [0, 0.05) is 17.8 Å². The summed E-state index contributed by atoms with van der Waals surface area (Å²) in [6, 6.07) is 0. The molecule has 0 spiro atoms. The van der Waals surface area contributed by atoms with E-state index in [0.29, 0.717) is 5.92 Å². The van der Waals surface area contributed by atoms with Crippen molar-refractivity contribution in [2.75, 3.05) is 6.54 Å². The molecule has 0 unspecified atom stereocenters. The number of nitrogens with zero attached hydrogens (tertiary/aromatic N) is 2. The van der Waals surface area contributed by atoms with Crippen LogP contribution in [0.5, 0.6) is 0 Å². The lowest BCUT2D eigenvalue weighted by Gasteiger charge is -2.11. The van der Waals surface area contributed by atoms with Crippen LogP contribution in [0.15, 0.2) is 0 Å². The quantitative estimate of drug-likeness (QED) is 0.829. The van der Waals surface area contributed by atoms with Crippen molar-refractivity contribution in [2.45, 2.75) is 47.0 Å². The van der Waals surface area contributed by atoms with E-state index < -0.39 is 0 Å². The highest BCUT2D eigenvalue weighted by Gasteiger charge is 2.09. The van der Waals surface area contributed by atoms with Crippen molar-refractivity contribution in [3.05, 3.63) is 22.8 Å². The summed E-state index contributed by atoms with van der Waals surface area (Å²) in [4.78, 5) is 9.15. The van der Waals surface area contributed by atoms with Crippen LogP contribution in [-0.4, -0.2) is 16.5 Å². The number of aromatic nitrogens is 2. The van der Waals surface area contributed by atoms with Crippen LogP contribution >= 0.6 is 0 Å². The predicted octanol–water partition coefficient (Wildman–Crippen LogP) is 2.18. The highest BCUT2D eigenvalue weighted by Crippen LogP contribution is 2.14. The first kappa shape index (κ1) is 13.1. The maximum atomic E-state index is 5.53. The van der Waals surface area contributed by atoms with Gasteiger partial charge in [-0.15, -0.1) is 0 Å². The molecule has 0 atom stereocenters. The van der Waals surface area contributed by atoms with Crippen LogP contribution in [0.2, 0.25) is 0 Å². The predicted molar refractivity (Wildman–Crippen MR) is 67.4 cm³/mol. The van der Waals surface area contributed by atoms with Crippen molar-refractivity contribution in [3.63, 3.8) is 0 Å². The van der Waals surface area contributed by atoms with Gasteiger partial charge in [-0.25, -0.2) is 9.97 Å². The van der Waals surface area contributed by atoms with Crippen molar-refractivity contribution in [1.29, 1.82) is 0 Å². The molecule has 90 valence electrons. The molecule has 3 nitrogen and oxygen atoms in total. The Kier molecular flexibility index (Phi) is 4.87. The summed E-state index contributed by atoms with van der Waals surface area (Å²) in [6.07, 6.45) is 2.96. The maximum absolute atomic E-state index is 5.53. The third-order valence-electron chi connectivity index (χ3n) is 2.69.